The van der Waals surface area contributed by atoms with Gasteiger partial charge >= 0.3 is 0 Å². The van der Waals surface area contributed by atoms with Crippen molar-refractivity contribution in [1.29, 1.82) is 0 Å². The fourth-order valence-corrected chi connectivity index (χ4v) is 3.64. The molecule has 126 valence electrons. The summed E-state index contributed by atoms with van der Waals surface area (Å²) < 4.78 is 11.1. The van der Waals surface area contributed by atoms with E-state index in [1.807, 2.05) is 0 Å². The molecule has 1 N–H and O–H groups in total. The molecule has 0 bridgehead atoms. The predicted molar refractivity (Wildman–Crippen MR) is 88.8 cm³/mol. The van der Waals surface area contributed by atoms with E-state index in [9.17, 15) is 0 Å². The summed E-state index contributed by atoms with van der Waals surface area (Å²) in [4.78, 5) is 2.52. The predicted octanol–water partition coefficient (Wildman–Crippen LogP) is 2.39. The van der Waals surface area contributed by atoms with Gasteiger partial charge in [0, 0.05) is 38.9 Å². The first-order valence-corrected chi connectivity index (χ1v) is 8.60. The average molecular weight is 300 g/mol. The molecule has 0 aliphatic heterocycles. The third kappa shape index (κ3) is 6.23. The summed E-state index contributed by atoms with van der Waals surface area (Å²) in [5.74, 6) is 0.730. The molecule has 0 spiro atoms. The van der Waals surface area contributed by atoms with E-state index >= 15 is 0 Å². The second kappa shape index (κ2) is 9.78. The van der Waals surface area contributed by atoms with Crippen molar-refractivity contribution in [3.8, 4) is 0 Å². The van der Waals surface area contributed by atoms with E-state index in [4.69, 9.17) is 9.47 Å². The summed E-state index contributed by atoms with van der Waals surface area (Å²) in [5, 5.41) is 3.55. The van der Waals surface area contributed by atoms with Gasteiger partial charge in [-0.25, -0.2) is 0 Å². The topological polar surface area (TPSA) is 33.7 Å². The maximum Gasteiger partial charge on any atom is 0.0593 e. The summed E-state index contributed by atoms with van der Waals surface area (Å²) >= 11 is 0. The number of rotatable bonds is 11. The van der Waals surface area contributed by atoms with Crippen molar-refractivity contribution >= 4 is 0 Å². The Labute approximate surface area is 131 Å². The Kier molecular flexibility index (Phi) is 8.79. The smallest absolute Gasteiger partial charge is 0.0593 e. The first kappa shape index (κ1) is 18.9. The molecular formula is C17H36N2O2. The van der Waals surface area contributed by atoms with E-state index in [0.29, 0.717) is 11.5 Å². The Hall–Kier alpha value is -0.160. The molecule has 1 rings (SSSR count). The lowest BCUT2D eigenvalue weighted by molar-refractivity contribution is 0.0720. The van der Waals surface area contributed by atoms with Crippen molar-refractivity contribution in [1.82, 2.24) is 10.2 Å². The SMILES string of the molecule is CCOCCN(CCOCC)CC1CCC(C)(C)C1NC. The van der Waals surface area contributed by atoms with Crippen LogP contribution >= 0.6 is 0 Å². The molecule has 1 saturated carbocycles. The summed E-state index contributed by atoms with van der Waals surface area (Å²) in [5.41, 5.74) is 0.408. The lowest BCUT2D eigenvalue weighted by Gasteiger charge is -2.33. The van der Waals surface area contributed by atoms with Gasteiger partial charge in [0.1, 0.15) is 0 Å². The highest BCUT2D eigenvalue weighted by Crippen LogP contribution is 2.41. The van der Waals surface area contributed by atoms with Gasteiger partial charge in [0.05, 0.1) is 13.2 Å². The Morgan fingerprint density at radius 3 is 2.14 bits per heavy atom. The highest BCUT2D eigenvalue weighted by atomic mass is 16.5. The molecule has 0 radical (unpaired) electrons. The summed E-state index contributed by atoms with van der Waals surface area (Å²) in [6.45, 7) is 15.3. The van der Waals surface area contributed by atoms with Crippen molar-refractivity contribution in [3.05, 3.63) is 0 Å². The number of ether oxygens (including phenoxy) is 2. The van der Waals surface area contributed by atoms with E-state index in [0.717, 1.165) is 52.0 Å². The molecule has 0 heterocycles. The molecule has 2 atom stereocenters. The van der Waals surface area contributed by atoms with Crippen LogP contribution in [0.1, 0.15) is 40.5 Å². The zero-order chi connectivity index (χ0) is 15.7. The van der Waals surface area contributed by atoms with Crippen molar-refractivity contribution in [2.75, 3.05) is 53.1 Å². The third-order valence-electron chi connectivity index (χ3n) is 4.79. The first-order chi connectivity index (χ1) is 10.0. The van der Waals surface area contributed by atoms with Gasteiger partial charge in [0.15, 0.2) is 0 Å². The van der Waals surface area contributed by atoms with Crippen molar-refractivity contribution in [3.63, 3.8) is 0 Å². The molecule has 0 aromatic rings. The zero-order valence-electron chi connectivity index (χ0n) is 14.8. The van der Waals surface area contributed by atoms with Crippen LogP contribution in [0.5, 0.6) is 0 Å². The van der Waals surface area contributed by atoms with Crippen LogP contribution in [0, 0.1) is 11.3 Å². The third-order valence-corrected chi connectivity index (χ3v) is 4.79. The van der Waals surface area contributed by atoms with Crippen LogP contribution in [-0.2, 0) is 9.47 Å². The van der Waals surface area contributed by atoms with Crippen LogP contribution in [0.3, 0.4) is 0 Å². The second-order valence-corrected chi connectivity index (χ2v) is 6.75. The Morgan fingerprint density at radius 2 is 1.67 bits per heavy atom. The monoisotopic (exact) mass is 300 g/mol. The highest BCUT2D eigenvalue weighted by Gasteiger charge is 2.41. The number of hydrogen-bond acceptors (Lipinski definition) is 4. The molecule has 21 heavy (non-hydrogen) atoms. The lowest BCUT2D eigenvalue weighted by atomic mass is 9.85. The first-order valence-electron chi connectivity index (χ1n) is 8.60. The van der Waals surface area contributed by atoms with Crippen molar-refractivity contribution in [2.24, 2.45) is 11.3 Å². The lowest BCUT2D eigenvalue weighted by Crippen LogP contribution is -2.45. The fraction of sp³-hybridized carbons (Fsp3) is 1.00. The van der Waals surface area contributed by atoms with E-state index in [1.165, 1.54) is 12.8 Å². The van der Waals surface area contributed by atoms with Gasteiger partial charge in [-0.1, -0.05) is 13.8 Å². The standard InChI is InChI=1S/C17H36N2O2/c1-6-20-12-10-19(11-13-21-7-2)14-15-8-9-17(3,4)16(15)18-5/h15-16,18H,6-14H2,1-5H3. The van der Waals surface area contributed by atoms with Crippen LogP contribution in [0.2, 0.25) is 0 Å². The van der Waals surface area contributed by atoms with Crippen LogP contribution in [-0.4, -0.2) is 64.1 Å². The second-order valence-electron chi connectivity index (χ2n) is 6.75. The van der Waals surface area contributed by atoms with Gasteiger partial charge in [0.25, 0.3) is 0 Å². The normalized spacial score (nSPS) is 24.9. The van der Waals surface area contributed by atoms with E-state index in [2.05, 4.69) is 45.0 Å². The Bertz CT molecular complexity index is 262. The molecule has 4 heteroatoms. The minimum absolute atomic E-state index is 0.408. The van der Waals surface area contributed by atoms with Crippen LogP contribution < -0.4 is 5.32 Å². The van der Waals surface area contributed by atoms with Gasteiger partial charge < -0.3 is 14.8 Å². The fourth-order valence-electron chi connectivity index (χ4n) is 3.64. The molecule has 2 unspecified atom stereocenters. The maximum absolute atomic E-state index is 5.53. The summed E-state index contributed by atoms with van der Waals surface area (Å²) in [6, 6.07) is 0.610. The molecule has 0 saturated heterocycles. The molecule has 0 aromatic carbocycles. The molecule has 1 aliphatic carbocycles. The maximum atomic E-state index is 5.53. The zero-order valence-corrected chi connectivity index (χ0v) is 14.8. The largest absolute Gasteiger partial charge is 0.380 e. The summed E-state index contributed by atoms with van der Waals surface area (Å²) in [6.07, 6.45) is 2.63. The van der Waals surface area contributed by atoms with E-state index in [-0.39, 0.29) is 0 Å². The van der Waals surface area contributed by atoms with Gasteiger partial charge in [-0.2, -0.15) is 0 Å². The van der Waals surface area contributed by atoms with Crippen LogP contribution in [0.4, 0.5) is 0 Å². The van der Waals surface area contributed by atoms with Gasteiger partial charge in [-0.15, -0.1) is 0 Å². The van der Waals surface area contributed by atoms with E-state index < -0.39 is 0 Å². The highest BCUT2D eigenvalue weighted by molar-refractivity contribution is 4.96. The van der Waals surface area contributed by atoms with E-state index in [1.54, 1.807) is 0 Å². The van der Waals surface area contributed by atoms with Gasteiger partial charge in [-0.05, 0) is 45.1 Å². The number of hydrogen-bond donors (Lipinski definition) is 1. The molecule has 0 amide bonds. The molecular weight excluding hydrogens is 264 g/mol. The molecule has 4 nitrogen and oxygen atoms in total. The quantitative estimate of drug-likeness (QED) is 0.594. The number of nitrogens with one attached hydrogen (secondary N) is 1. The minimum Gasteiger partial charge on any atom is -0.380 e. The molecule has 1 fully saturated rings. The Balaban J connectivity index is 2.49. The Morgan fingerprint density at radius 1 is 1.10 bits per heavy atom. The molecule has 1 aliphatic rings. The van der Waals surface area contributed by atoms with Crippen molar-refractivity contribution < 1.29 is 9.47 Å². The number of nitrogens with zero attached hydrogens (tertiary/aromatic N) is 1. The van der Waals surface area contributed by atoms with Crippen LogP contribution in [0.15, 0.2) is 0 Å². The minimum atomic E-state index is 0.408. The van der Waals surface area contributed by atoms with Crippen LogP contribution in [0.25, 0.3) is 0 Å². The average Bonchev–Trinajstić information content (AvgIpc) is 2.73. The van der Waals surface area contributed by atoms with Crippen molar-refractivity contribution in [2.45, 2.75) is 46.6 Å². The van der Waals surface area contributed by atoms with Gasteiger partial charge in [0.2, 0.25) is 0 Å². The molecule has 0 aromatic heterocycles. The van der Waals surface area contributed by atoms with Gasteiger partial charge in [-0.3, -0.25) is 4.90 Å². The summed E-state index contributed by atoms with van der Waals surface area (Å²) in [7, 11) is 2.11.